The first-order valence-electron chi connectivity index (χ1n) is 7.56. The highest BCUT2D eigenvalue weighted by Gasteiger charge is 2.26. The van der Waals surface area contributed by atoms with Crippen LogP contribution in [0.25, 0.3) is 0 Å². The molecule has 0 aromatic heterocycles. The number of morpholine rings is 1. The first-order valence-corrected chi connectivity index (χ1v) is 7.56. The van der Waals surface area contributed by atoms with Gasteiger partial charge in [0.25, 0.3) is 5.91 Å². The van der Waals surface area contributed by atoms with Crippen LogP contribution in [0.15, 0.2) is 24.3 Å². The Morgan fingerprint density at radius 1 is 1.30 bits per heavy atom. The van der Waals surface area contributed by atoms with Crippen LogP contribution in [0, 0.1) is 0 Å². The average molecular weight is 323 g/mol. The molecule has 1 aliphatic heterocycles. The number of rotatable bonds is 7. The fourth-order valence-electron chi connectivity index (χ4n) is 2.34. The number of aliphatic carboxylic acids is 1. The normalized spacial score (nSPS) is 17.6. The maximum absolute atomic E-state index is 12.2. The summed E-state index contributed by atoms with van der Waals surface area (Å²) >= 11 is 0. The van der Waals surface area contributed by atoms with Gasteiger partial charge >= 0.3 is 5.97 Å². The number of hydrogen-bond donors (Lipinski definition) is 1. The van der Waals surface area contributed by atoms with Gasteiger partial charge in [0, 0.05) is 13.1 Å². The Bertz CT molecular complexity index is 547. The lowest BCUT2D eigenvalue weighted by Crippen LogP contribution is -2.47. The lowest BCUT2D eigenvalue weighted by molar-refractivity contribution is -0.148. The summed E-state index contributed by atoms with van der Waals surface area (Å²) in [7, 11) is 0. The Labute approximate surface area is 134 Å². The molecule has 1 heterocycles. The molecule has 1 unspecified atom stereocenters. The van der Waals surface area contributed by atoms with Crippen molar-refractivity contribution in [1.29, 1.82) is 0 Å². The number of carboxylic acids is 1. The van der Waals surface area contributed by atoms with E-state index in [1.165, 1.54) is 0 Å². The minimum Gasteiger partial charge on any atom is -0.490 e. The maximum Gasteiger partial charge on any atom is 0.306 e. The van der Waals surface area contributed by atoms with E-state index in [1.54, 1.807) is 23.1 Å². The summed E-state index contributed by atoms with van der Waals surface area (Å²) in [5, 5.41) is 8.80. The first kappa shape index (κ1) is 17.1. The second-order valence-corrected chi connectivity index (χ2v) is 5.10. The molecule has 0 spiro atoms. The lowest BCUT2D eigenvalue weighted by Gasteiger charge is -2.32. The number of hydrogen-bond acceptors (Lipinski definition) is 5. The van der Waals surface area contributed by atoms with Gasteiger partial charge in [-0.1, -0.05) is 12.1 Å². The van der Waals surface area contributed by atoms with Crippen molar-refractivity contribution in [2.24, 2.45) is 0 Å². The Balaban J connectivity index is 1.88. The van der Waals surface area contributed by atoms with Gasteiger partial charge in [0.2, 0.25) is 0 Å². The van der Waals surface area contributed by atoms with Crippen LogP contribution in [0.4, 0.5) is 0 Å². The maximum atomic E-state index is 12.2. The molecule has 2 rings (SSSR count). The van der Waals surface area contributed by atoms with E-state index in [2.05, 4.69) is 0 Å². The molecule has 0 saturated carbocycles. The molecular weight excluding hydrogens is 302 g/mol. The SMILES string of the molecule is CCOc1ccccc1OCC(=O)N1CCOC(CC(=O)O)C1. The van der Waals surface area contributed by atoms with Crippen LogP contribution in [-0.4, -0.2) is 60.9 Å². The molecule has 0 radical (unpaired) electrons. The predicted octanol–water partition coefficient (Wildman–Crippen LogP) is 1.17. The fraction of sp³-hybridized carbons (Fsp3) is 0.500. The van der Waals surface area contributed by atoms with Gasteiger partial charge in [-0.25, -0.2) is 0 Å². The molecular formula is C16H21NO6. The third-order valence-corrected chi connectivity index (χ3v) is 3.39. The number of para-hydroxylation sites is 2. The van der Waals surface area contributed by atoms with Crippen LogP contribution in [0.1, 0.15) is 13.3 Å². The van der Waals surface area contributed by atoms with Crippen molar-refractivity contribution in [3.63, 3.8) is 0 Å². The molecule has 0 bridgehead atoms. The van der Waals surface area contributed by atoms with Crippen molar-refractivity contribution >= 4 is 11.9 Å². The van der Waals surface area contributed by atoms with E-state index < -0.39 is 12.1 Å². The topological polar surface area (TPSA) is 85.3 Å². The minimum absolute atomic E-state index is 0.113. The summed E-state index contributed by atoms with van der Waals surface area (Å²) in [6.07, 6.45) is -0.585. The molecule has 1 aromatic carbocycles. The van der Waals surface area contributed by atoms with Gasteiger partial charge in [0.1, 0.15) is 0 Å². The molecule has 1 fully saturated rings. The van der Waals surface area contributed by atoms with E-state index in [0.717, 1.165) is 0 Å². The Morgan fingerprint density at radius 2 is 2.00 bits per heavy atom. The summed E-state index contributed by atoms with van der Waals surface area (Å²) in [6, 6.07) is 7.16. The van der Waals surface area contributed by atoms with Crippen LogP contribution < -0.4 is 9.47 Å². The third-order valence-electron chi connectivity index (χ3n) is 3.39. The lowest BCUT2D eigenvalue weighted by atomic mass is 10.2. The van der Waals surface area contributed by atoms with Crippen LogP contribution in [0.2, 0.25) is 0 Å². The van der Waals surface area contributed by atoms with Gasteiger partial charge in [0.05, 0.1) is 25.7 Å². The molecule has 1 atom stereocenters. The monoisotopic (exact) mass is 323 g/mol. The second-order valence-electron chi connectivity index (χ2n) is 5.10. The van der Waals surface area contributed by atoms with E-state index in [0.29, 0.717) is 31.3 Å². The molecule has 1 aliphatic rings. The highest BCUT2D eigenvalue weighted by Crippen LogP contribution is 2.26. The molecule has 0 aliphatic carbocycles. The fourth-order valence-corrected chi connectivity index (χ4v) is 2.34. The standard InChI is InChI=1S/C16H21NO6/c1-2-21-13-5-3-4-6-14(13)23-11-15(18)17-7-8-22-12(10-17)9-16(19)20/h3-6,12H,2,7-11H2,1H3,(H,19,20). The number of ether oxygens (including phenoxy) is 3. The van der Waals surface area contributed by atoms with E-state index in [-0.39, 0.29) is 25.5 Å². The highest BCUT2D eigenvalue weighted by atomic mass is 16.5. The van der Waals surface area contributed by atoms with Crippen LogP contribution in [0.3, 0.4) is 0 Å². The molecule has 1 aromatic rings. The van der Waals surface area contributed by atoms with Gasteiger partial charge in [0.15, 0.2) is 18.1 Å². The van der Waals surface area contributed by atoms with Crippen molar-refractivity contribution in [3.05, 3.63) is 24.3 Å². The van der Waals surface area contributed by atoms with Gasteiger partial charge in [-0.2, -0.15) is 0 Å². The summed E-state index contributed by atoms with van der Waals surface area (Å²) < 4.78 is 16.3. The molecule has 1 saturated heterocycles. The van der Waals surface area contributed by atoms with Crippen molar-refractivity contribution in [2.75, 3.05) is 32.9 Å². The van der Waals surface area contributed by atoms with E-state index in [4.69, 9.17) is 19.3 Å². The number of benzene rings is 1. The van der Waals surface area contributed by atoms with Gasteiger partial charge in [-0.3, -0.25) is 9.59 Å². The highest BCUT2D eigenvalue weighted by molar-refractivity contribution is 5.78. The Hall–Kier alpha value is -2.28. The third kappa shape index (κ3) is 5.14. The van der Waals surface area contributed by atoms with Gasteiger partial charge < -0.3 is 24.2 Å². The van der Waals surface area contributed by atoms with E-state index in [1.807, 2.05) is 13.0 Å². The molecule has 1 N–H and O–H groups in total. The zero-order chi connectivity index (χ0) is 16.7. The zero-order valence-electron chi connectivity index (χ0n) is 13.1. The predicted molar refractivity (Wildman–Crippen MR) is 81.7 cm³/mol. The van der Waals surface area contributed by atoms with Crippen molar-refractivity contribution < 1.29 is 28.9 Å². The van der Waals surface area contributed by atoms with Crippen molar-refractivity contribution in [2.45, 2.75) is 19.4 Å². The zero-order valence-corrected chi connectivity index (χ0v) is 13.1. The van der Waals surface area contributed by atoms with E-state index >= 15 is 0 Å². The molecule has 23 heavy (non-hydrogen) atoms. The molecule has 7 heteroatoms. The quantitative estimate of drug-likeness (QED) is 0.810. The first-order chi connectivity index (χ1) is 11.1. The number of carbonyl (C=O) groups excluding carboxylic acids is 1. The number of nitrogens with zero attached hydrogens (tertiary/aromatic N) is 1. The second kappa shape index (κ2) is 8.38. The van der Waals surface area contributed by atoms with Crippen LogP contribution in [0.5, 0.6) is 11.5 Å². The smallest absolute Gasteiger partial charge is 0.306 e. The summed E-state index contributed by atoms with van der Waals surface area (Å²) in [5.74, 6) is -0.0345. The Morgan fingerprint density at radius 3 is 2.65 bits per heavy atom. The largest absolute Gasteiger partial charge is 0.490 e. The average Bonchev–Trinajstić information content (AvgIpc) is 2.53. The summed E-state index contributed by atoms with van der Waals surface area (Å²) in [6.45, 7) is 3.29. The number of carbonyl (C=O) groups is 2. The number of carboxylic acid groups (broad SMARTS) is 1. The van der Waals surface area contributed by atoms with Crippen LogP contribution >= 0.6 is 0 Å². The minimum atomic E-state index is -0.939. The van der Waals surface area contributed by atoms with Crippen molar-refractivity contribution in [1.82, 2.24) is 4.90 Å². The number of amides is 1. The molecule has 7 nitrogen and oxygen atoms in total. The van der Waals surface area contributed by atoms with E-state index in [9.17, 15) is 9.59 Å². The molecule has 1 amide bonds. The molecule has 126 valence electrons. The van der Waals surface area contributed by atoms with Crippen LogP contribution in [-0.2, 0) is 14.3 Å². The Kier molecular flexibility index (Phi) is 6.22. The summed E-state index contributed by atoms with van der Waals surface area (Å²) in [4.78, 5) is 24.5. The van der Waals surface area contributed by atoms with Gasteiger partial charge in [-0.15, -0.1) is 0 Å². The van der Waals surface area contributed by atoms with Crippen molar-refractivity contribution in [3.8, 4) is 11.5 Å². The van der Waals surface area contributed by atoms with Gasteiger partial charge in [-0.05, 0) is 19.1 Å². The summed E-state index contributed by atoms with van der Waals surface area (Å²) in [5.41, 5.74) is 0.